The molecule has 14 heavy (non-hydrogen) atoms. The highest BCUT2D eigenvalue weighted by Crippen LogP contribution is 2.04. The Kier molecular flexibility index (Phi) is 3.46. The van der Waals surface area contributed by atoms with Gasteiger partial charge >= 0.3 is 11.8 Å². The summed E-state index contributed by atoms with van der Waals surface area (Å²) in [5.41, 5.74) is 0. The van der Waals surface area contributed by atoms with Crippen molar-refractivity contribution in [2.75, 3.05) is 26.7 Å². The molecule has 2 amide bonds. The first-order chi connectivity index (χ1) is 6.52. The summed E-state index contributed by atoms with van der Waals surface area (Å²) >= 11 is 0. The molecule has 0 aromatic carbocycles. The molecule has 0 spiro atoms. The Balaban J connectivity index is 2.47. The van der Waals surface area contributed by atoms with Crippen LogP contribution in [0.2, 0.25) is 0 Å². The van der Waals surface area contributed by atoms with Crippen LogP contribution in [0.1, 0.15) is 13.3 Å². The number of carbonyl (C=O) groups is 2. The number of hydrogen-bond donors (Lipinski definition) is 1. The molecule has 0 saturated carbocycles. The van der Waals surface area contributed by atoms with E-state index >= 15 is 0 Å². The molecule has 1 aliphatic heterocycles. The Hall–Kier alpha value is -1.10. The standard InChI is InChI=1S/C9H16N2O3/c1-7(12)3-4-11-6-5-10(2)8(13)9(11)14/h7,12H,3-6H2,1-2H3. The van der Waals surface area contributed by atoms with E-state index in [1.807, 2.05) is 0 Å². The van der Waals surface area contributed by atoms with Crippen LogP contribution in [-0.2, 0) is 9.59 Å². The zero-order chi connectivity index (χ0) is 10.7. The Morgan fingerprint density at radius 1 is 1.36 bits per heavy atom. The molecule has 1 N–H and O–H groups in total. The van der Waals surface area contributed by atoms with Crippen molar-refractivity contribution in [1.82, 2.24) is 9.80 Å². The van der Waals surface area contributed by atoms with Gasteiger partial charge < -0.3 is 14.9 Å². The van der Waals surface area contributed by atoms with E-state index in [9.17, 15) is 9.59 Å². The molecule has 5 heteroatoms. The summed E-state index contributed by atoms with van der Waals surface area (Å²) in [4.78, 5) is 25.6. The second-order valence-corrected chi connectivity index (χ2v) is 3.66. The lowest BCUT2D eigenvalue weighted by atomic mass is 10.2. The molecule has 5 nitrogen and oxygen atoms in total. The molecule has 1 fully saturated rings. The van der Waals surface area contributed by atoms with Crippen LogP contribution in [-0.4, -0.2) is 59.5 Å². The van der Waals surface area contributed by atoms with Crippen molar-refractivity contribution in [2.45, 2.75) is 19.4 Å². The predicted molar refractivity (Wildman–Crippen MR) is 50.5 cm³/mol. The molecule has 0 bridgehead atoms. The lowest BCUT2D eigenvalue weighted by molar-refractivity contribution is -0.155. The quantitative estimate of drug-likeness (QED) is 0.598. The smallest absolute Gasteiger partial charge is 0.312 e. The molecular weight excluding hydrogens is 184 g/mol. The minimum atomic E-state index is -0.459. The van der Waals surface area contributed by atoms with Gasteiger partial charge in [0, 0.05) is 26.7 Å². The van der Waals surface area contributed by atoms with Crippen LogP contribution in [0, 0.1) is 0 Å². The minimum absolute atomic E-state index is 0.433. The number of carbonyl (C=O) groups excluding carboxylic acids is 2. The van der Waals surface area contributed by atoms with Crippen molar-refractivity contribution in [3.63, 3.8) is 0 Å². The molecule has 1 saturated heterocycles. The Bertz CT molecular complexity index is 240. The van der Waals surface area contributed by atoms with Crippen LogP contribution < -0.4 is 0 Å². The molecule has 0 aliphatic carbocycles. The number of aliphatic hydroxyl groups excluding tert-OH is 1. The molecule has 0 radical (unpaired) electrons. The highest BCUT2D eigenvalue weighted by molar-refractivity contribution is 6.35. The predicted octanol–water partition coefficient (Wildman–Crippen LogP) is -0.942. The summed E-state index contributed by atoms with van der Waals surface area (Å²) in [7, 11) is 1.62. The maximum atomic E-state index is 11.4. The molecule has 1 aliphatic rings. The third-order valence-electron chi connectivity index (χ3n) is 2.34. The normalized spacial score (nSPS) is 20.2. The average Bonchev–Trinajstić information content (AvgIpc) is 2.13. The zero-order valence-corrected chi connectivity index (χ0v) is 8.56. The van der Waals surface area contributed by atoms with Gasteiger partial charge in [-0.05, 0) is 13.3 Å². The lowest BCUT2D eigenvalue weighted by Crippen LogP contribution is -2.53. The van der Waals surface area contributed by atoms with E-state index in [0.29, 0.717) is 26.1 Å². The summed E-state index contributed by atoms with van der Waals surface area (Å²) < 4.78 is 0. The molecule has 1 rings (SSSR count). The third kappa shape index (κ3) is 2.45. The van der Waals surface area contributed by atoms with Crippen molar-refractivity contribution in [3.05, 3.63) is 0 Å². The molecule has 1 atom stereocenters. The third-order valence-corrected chi connectivity index (χ3v) is 2.34. The average molecular weight is 200 g/mol. The van der Waals surface area contributed by atoms with Gasteiger partial charge in [0.15, 0.2) is 0 Å². The highest BCUT2D eigenvalue weighted by Gasteiger charge is 2.29. The van der Waals surface area contributed by atoms with Gasteiger partial charge in [-0.3, -0.25) is 9.59 Å². The molecular formula is C9H16N2O3. The second-order valence-electron chi connectivity index (χ2n) is 3.66. The summed E-state index contributed by atoms with van der Waals surface area (Å²) in [6.07, 6.45) is 0.0838. The van der Waals surface area contributed by atoms with Crippen LogP contribution in [0.3, 0.4) is 0 Å². The first-order valence-electron chi connectivity index (χ1n) is 4.75. The van der Waals surface area contributed by atoms with Gasteiger partial charge in [0.25, 0.3) is 0 Å². The van der Waals surface area contributed by atoms with Gasteiger partial charge in [0.2, 0.25) is 0 Å². The second kappa shape index (κ2) is 4.41. The van der Waals surface area contributed by atoms with Crippen LogP contribution in [0.5, 0.6) is 0 Å². The minimum Gasteiger partial charge on any atom is -0.393 e. The molecule has 1 heterocycles. The van der Waals surface area contributed by atoms with Gasteiger partial charge in [-0.1, -0.05) is 0 Å². The van der Waals surface area contributed by atoms with Crippen LogP contribution in [0.15, 0.2) is 0 Å². The van der Waals surface area contributed by atoms with E-state index in [1.54, 1.807) is 14.0 Å². The number of likely N-dealkylation sites (N-methyl/N-ethyl adjacent to an activating group) is 1. The number of hydrogen-bond acceptors (Lipinski definition) is 3. The Labute approximate surface area is 83.3 Å². The van der Waals surface area contributed by atoms with E-state index in [0.717, 1.165) is 0 Å². The first kappa shape index (κ1) is 11.0. The van der Waals surface area contributed by atoms with Gasteiger partial charge in [-0.15, -0.1) is 0 Å². The van der Waals surface area contributed by atoms with Gasteiger partial charge in [-0.2, -0.15) is 0 Å². The Morgan fingerprint density at radius 2 is 2.00 bits per heavy atom. The van der Waals surface area contributed by atoms with Crippen molar-refractivity contribution in [2.24, 2.45) is 0 Å². The lowest BCUT2D eigenvalue weighted by Gasteiger charge is -2.31. The van der Waals surface area contributed by atoms with Gasteiger partial charge in [-0.25, -0.2) is 0 Å². The zero-order valence-electron chi connectivity index (χ0n) is 8.56. The first-order valence-corrected chi connectivity index (χ1v) is 4.75. The largest absolute Gasteiger partial charge is 0.393 e. The fourth-order valence-electron chi connectivity index (χ4n) is 1.33. The van der Waals surface area contributed by atoms with E-state index in [2.05, 4.69) is 0 Å². The number of amides is 2. The fraction of sp³-hybridized carbons (Fsp3) is 0.778. The number of aliphatic hydroxyl groups is 1. The fourth-order valence-corrected chi connectivity index (χ4v) is 1.33. The summed E-state index contributed by atoms with van der Waals surface area (Å²) in [5, 5.41) is 9.05. The maximum Gasteiger partial charge on any atom is 0.312 e. The van der Waals surface area contributed by atoms with Gasteiger partial charge in [0.1, 0.15) is 0 Å². The van der Waals surface area contributed by atoms with E-state index in [1.165, 1.54) is 9.80 Å². The van der Waals surface area contributed by atoms with E-state index in [-0.39, 0.29) is 0 Å². The molecule has 0 aromatic rings. The number of piperazine rings is 1. The van der Waals surface area contributed by atoms with Crippen molar-refractivity contribution in [3.8, 4) is 0 Å². The topological polar surface area (TPSA) is 60.9 Å². The summed E-state index contributed by atoms with van der Waals surface area (Å²) in [6, 6.07) is 0. The molecule has 1 unspecified atom stereocenters. The van der Waals surface area contributed by atoms with E-state index in [4.69, 9.17) is 5.11 Å². The molecule has 0 aromatic heterocycles. The van der Waals surface area contributed by atoms with Crippen LogP contribution >= 0.6 is 0 Å². The number of nitrogens with zero attached hydrogens (tertiary/aromatic N) is 2. The summed E-state index contributed by atoms with van der Waals surface area (Å²) in [6.45, 7) is 3.26. The highest BCUT2D eigenvalue weighted by atomic mass is 16.3. The SMILES string of the molecule is CC(O)CCN1CCN(C)C(=O)C1=O. The van der Waals surface area contributed by atoms with Crippen LogP contribution in [0.25, 0.3) is 0 Å². The van der Waals surface area contributed by atoms with Crippen LogP contribution in [0.4, 0.5) is 0 Å². The maximum absolute atomic E-state index is 11.4. The van der Waals surface area contributed by atoms with Crippen molar-refractivity contribution < 1.29 is 14.7 Å². The van der Waals surface area contributed by atoms with Crippen molar-refractivity contribution >= 4 is 11.8 Å². The van der Waals surface area contributed by atoms with Crippen molar-refractivity contribution in [1.29, 1.82) is 0 Å². The summed E-state index contributed by atoms with van der Waals surface area (Å²) in [5.74, 6) is -0.916. The Morgan fingerprint density at radius 3 is 2.57 bits per heavy atom. The van der Waals surface area contributed by atoms with E-state index < -0.39 is 17.9 Å². The molecule has 80 valence electrons. The van der Waals surface area contributed by atoms with Gasteiger partial charge in [0.05, 0.1) is 6.10 Å². The monoisotopic (exact) mass is 200 g/mol. The number of rotatable bonds is 3.